The molecule has 0 heterocycles. The van der Waals surface area contributed by atoms with Gasteiger partial charge in [-0.25, -0.2) is 0 Å². The summed E-state index contributed by atoms with van der Waals surface area (Å²) in [5.41, 5.74) is -0.890. The van der Waals surface area contributed by atoms with Crippen molar-refractivity contribution in [2.24, 2.45) is 5.41 Å². The standard InChI is InChI=1S/C7H12O4/c1-7(4-8,5-9)3-2-6(10)11/h4,9H,2-3,5H2,1H3,(H,10,11). The fourth-order valence-electron chi connectivity index (χ4n) is 0.568. The first-order valence-electron chi connectivity index (χ1n) is 3.33. The van der Waals surface area contributed by atoms with Gasteiger partial charge in [-0.05, 0) is 6.42 Å². The van der Waals surface area contributed by atoms with E-state index >= 15 is 0 Å². The SMILES string of the molecule is CC(C=O)(CO)CCC(=O)O. The zero-order valence-corrected chi connectivity index (χ0v) is 6.41. The average Bonchev–Trinajstić information content (AvgIpc) is 2.00. The predicted molar refractivity (Wildman–Crippen MR) is 38.1 cm³/mol. The molecule has 64 valence electrons. The van der Waals surface area contributed by atoms with Crippen LogP contribution in [0.15, 0.2) is 0 Å². The zero-order chi connectivity index (χ0) is 8.91. The second-order valence-corrected chi connectivity index (χ2v) is 2.82. The van der Waals surface area contributed by atoms with Gasteiger partial charge in [-0.15, -0.1) is 0 Å². The first-order chi connectivity index (χ1) is 5.04. The molecule has 11 heavy (non-hydrogen) atoms. The lowest BCUT2D eigenvalue weighted by Gasteiger charge is -2.17. The summed E-state index contributed by atoms with van der Waals surface area (Å²) >= 11 is 0. The van der Waals surface area contributed by atoms with E-state index in [2.05, 4.69) is 0 Å². The van der Waals surface area contributed by atoms with Crippen LogP contribution in [-0.2, 0) is 9.59 Å². The van der Waals surface area contributed by atoms with E-state index in [0.717, 1.165) is 0 Å². The number of aliphatic carboxylic acids is 1. The van der Waals surface area contributed by atoms with Gasteiger partial charge in [0.15, 0.2) is 0 Å². The number of carbonyl (C=O) groups is 2. The minimum Gasteiger partial charge on any atom is -0.481 e. The summed E-state index contributed by atoms with van der Waals surface area (Å²) < 4.78 is 0. The summed E-state index contributed by atoms with van der Waals surface area (Å²) in [5.74, 6) is -0.952. The Hall–Kier alpha value is -0.900. The van der Waals surface area contributed by atoms with Crippen molar-refractivity contribution in [3.8, 4) is 0 Å². The van der Waals surface area contributed by atoms with Crippen molar-refractivity contribution < 1.29 is 19.8 Å². The van der Waals surface area contributed by atoms with E-state index in [1.54, 1.807) is 0 Å². The number of rotatable bonds is 5. The maximum absolute atomic E-state index is 10.3. The number of carbonyl (C=O) groups excluding carboxylic acids is 1. The number of aliphatic hydroxyl groups is 1. The van der Waals surface area contributed by atoms with Crippen LogP contribution in [0.25, 0.3) is 0 Å². The van der Waals surface area contributed by atoms with E-state index in [0.29, 0.717) is 6.29 Å². The third-order valence-corrected chi connectivity index (χ3v) is 1.56. The topological polar surface area (TPSA) is 74.6 Å². The van der Waals surface area contributed by atoms with Gasteiger partial charge in [0.2, 0.25) is 0 Å². The van der Waals surface area contributed by atoms with Gasteiger partial charge in [-0.1, -0.05) is 6.92 Å². The van der Waals surface area contributed by atoms with Crippen molar-refractivity contribution in [3.63, 3.8) is 0 Å². The Morgan fingerprint density at radius 1 is 1.64 bits per heavy atom. The van der Waals surface area contributed by atoms with Crippen LogP contribution in [0.4, 0.5) is 0 Å². The minimum atomic E-state index is -0.952. The Morgan fingerprint density at radius 2 is 2.18 bits per heavy atom. The monoisotopic (exact) mass is 160 g/mol. The maximum Gasteiger partial charge on any atom is 0.303 e. The Bertz CT molecular complexity index is 155. The highest BCUT2D eigenvalue weighted by atomic mass is 16.4. The van der Waals surface area contributed by atoms with Crippen molar-refractivity contribution >= 4 is 12.3 Å². The third kappa shape index (κ3) is 3.72. The van der Waals surface area contributed by atoms with Crippen molar-refractivity contribution in [1.29, 1.82) is 0 Å². The van der Waals surface area contributed by atoms with Crippen molar-refractivity contribution in [3.05, 3.63) is 0 Å². The van der Waals surface area contributed by atoms with Crippen LogP contribution in [0.5, 0.6) is 0 Å². The molecule has 0 aromatic rings. The summed E-state index contributed by atoms with van der Waals surface area (Å²) in [4.78, 5) is 20.4. The van der Waals surface area contributed by atoms with Crippen LogP contribution >= 0.6 is 0 Å². The highest BCUT2D eigenvalue weighted by molar-refractivity contribution is 5.68. The zero-order valence-electron chi connectivity index (χ0n) is 6.41. The quantitative estimate of drug-likeness (QED) is 0.557. The molecular formula is C7H12O4. The van der Waals surface area contributed by atoms with Gasteiger partial charge >= 0.3 is 5.97 Å². The number of hydrogen-bond donors (Lipinski definition) is 2. The smallest absolute Gasteiger partial charge is 0.303 e. The maximum atomic E-state index is 10.3. The third-order valence-electron chi connectivity index (χ3n) is 1.56. The molecule has 0 radical (unpaired) electrons. The molecule has 0 rings (SSSR count). The van der Waals surface area contributed by atoms with Gasteiger partial charge in [0, 0.05) is 11.8 Å². The Balaban J connectivity index is 3.87. The fraction of sp³-hybridized carbons (Fsp3) is 0.714. The van der Waals surface area contributed by atoms with E-state index in [-0.39, 0.29) is 19.4 Å². The molecule has 0 amide bonds. The lowest BCUT2D eigenvalue weighted by molar-refractivity contribution is -0.138. The molecule has 0 bridgehead atoms. The number of aldehydes is 1. The van der Waals surface area contributed by atoms with Crippen molar-refractivity contribution in [1.82, 2.24) is 0 Å². The van der Waals surface area contributed by atoms with Crippen LogP contribution in [0.2, 0.25) is 0 Å². The summed E-state index contributed by atoms with van der Waals surface area (Å²) in [6, 6.07) is 0. The molecule has 0 aromatic heterocycles. The number of carboxylic acid groups (broad SMARTS) is 1. The lowest BCUT2D eigenvalue weighted by atomic mass is 9.88. The van der Waals surface area contributed by atoms with Gasteiger partial charge in [0.1, 0.15) is 6.29 Å². The summed E-state index contributed by atoms with van der Waals surface area (Å²) in [5, 5.41) is 16.9. The van der Waals surface area contributed by atoms with Crippen LogP contribution < -0.4 is 0 Å². The summed E-state index contributed by atoms with van der Waals surface area (Å²) in [6.07, 6.45) is 0.689. The molecule has 0 aliphatic heterocycles. The van der Waals surface area contributed by atoms with Crippen molar-refractivity contribution in [2.75, 3.05) is 6.61 Å². The molecule has 0 spiro atoms. The van der Waals surface area contributed by atoms with E-state index in [1.165, 1.54) is 6.92 Å². The van der Waals surface area contributed by atoms with Crippen LogP contribution in [0, 0.1) is 5.41 Å². The molecule has 1 unspecified atom stereocenters. The Labute approximate surface area is 64.8 Å². The average molecular weight is 160 g/mol. The highest BCUT2D eigenvalue weighted by Crippen LogP contribution is 2.18. The van der Waals surface area contributed by atoms with Gasteiger partial charge in [0.05, 0.1) is 6.61 Å². The molecule has 0 saturated heterocycles. The number of carboxylic acids is 1. The van der Waals surface area contributed by atoms with Crippen LogP contribution in [0.3, 0.4) is 0 Å². The fourth-order valence-corrected chi connectivity index (χ4v) is 0.568. The predicted octanol–water partition coefficient (Wildman–Crippen LogP) is 0.0487. The first kappa shape index (κ1) is 10.1. The Morgan fingerprint density at radius 3 is 2.45 bits per heavy atom. The number of hydrogen-bond acceptors (Lipinski definition) is 3. The molecule has 4 heteroatoms. The molecule has 4 nitrogen and oxygen atoms in total. The van der Waals surface area contributed by atoms with Gasteiger partial charge in [-0.2, -0.15) is 0 Å². The first-order valence-corrected chi connectivity index (χ1v) is 3.33. The van der Waals surface area contributed by atoms with Crippen molar-refractivity contribution in [2.45, 2.75) is 19.8 Å². The highest BCUT2D eigenvalue weighted by Gasteiger charge is 2.23. The van der Waals surface area contributed by atoms with Gasteiger partial charge in [0.25, 0.3) is 0 Å². The van der Waals surface area contributed by atoms with E-state index < -0.39 is 11.4 Å². The molecule has 0 aliphatic carbocycles. The van der Waals surface area contributed by atoms with Gasteiger partial charge in [-0.3, -0.25) is 4.79 Å². The molecule has 0 aliphatic rings. The minimum absolute atomic E-state index is 0.0875. The molecule has 0 fully saturated rings. The van der Waals surface area contributed by atoms with E-state index in [9.17, 15) is 9.59 Å². The normalized spacial score (nSPS) is 15.5. The van der Waals surface area contributed by atoms with Crippen LogP contribution in [-0.4, -0.2) is 29.1 Å². The van der Waals surface area contributed by atoms with Gasteiger partial charge < -0.3 is 15.0 Å². The molecule has 0 saturated carbocycles. The molecule has 2 N–H and O–H groups in total. The number of aliphatic hydroxyl groups excluding tert-OH is 1. The largest absolute Gasteiger partial charge is 0.481 e. The summed E-state index contributed by atoms with van der Waals surface area (Å²) in [7, 11) is 0. The van der Waals surface area contributed by atoms with Crippen LogP contribution in [0.1, 0.15) is 19.8 Å². The Kier molecular flexibility index (Phi) is 3.74. The molecule has 0 aromatic carbocycles. The van der Waals surface area contributed by atoms with E-state index in [1.807, 2.05) is 0 Å². The lowest BCUT2D eigenvalue weighted by Crippen LogP contribution is -2.24. The molecular weight excluding hydrogens is 148 g/mol. The second-order valence-electron chi connectivity index (χ2n) is 2.82. The van der Waals surface area contributed by atoms with E-state index in [4.69, 9.17) is 10.2 Å². The molecule has 1 atom stereocenters. The summed E-state index contributed by atoms with van der Waals surface area (Å²) in [6.45, 7) is 1.23. The second kappa shape index (κ2) is 4.08.